The fourth-order valence-electron chi connectivity index (χ4n) is 3.52. The van der Waals surface area contributed by atoms with Gasteiger partial charge in [0.15, 0.2) is 0 Å². The van der Waals surface area contributed by atoms with Crippen molar-refractivity contribution >= 4 is 29.8 Å². The van der Waals surface area contributed by atoms with E-state index in [1.807, 2.05) is 0 Å². The summed E-state index contributed by atoms with van der Waals surface area (Å²) in [5.41, 5.74) is -0.513. The smallest absolute Gasteiger partial charge is 0.414 e. The number of carbonyl (C=O) groups is 3. The lowest BCUT2D eigenvalue weighted by atomic mass is 10.1. The van der Waals surface area contributed by atoms with Crippen molar-refractivity contribution in [2.75, 3.05) is 19.7 Å². The molecule has 0 radical (unpaired) electrons. The summed E-state index contributed by atoms with van der Waals surface area (Å²) >= 11 is 0. The minimum Gasteiger partial charge on any atom is -0.508 e. The number of aliphatic imine (C=N–C) groups is 1. The van der Waals surface area contributed by atoms with Crippen LogP contribution in [0.4, 0.5) is 9.59 Å². The van der Waals surface area contributed by atoms with E-state index in [2.05, 4.69) is 26.1 Å². The third-order valence-electron chi connectivity index (χ3n) is 5.37. The highest BCUT2D eigenvalue weighted by Crippen LogP contribution is 2.15. The van der Waals surface area contributed by atoms with Crippen molar-refractivity contribution in [1.29, 1.82) is 0 Å². The van der Waals surface area contributed by atoms with Crippen LogP contribution in [-0.2, 0) is 30.3 Å². The van der Waals surface area contributed by atoms with Crippen molar-refractivity contribution in [3.05, 3.63) is 29.8 Å². The second-order valence-electron chi connectivity index (χ2n) is 11.7. The highest BCUT2D eigenvalue weighted by atomic mass is 16.8. The molecule has 1 atom stereocenters. The van der Waals surface area contributed by atoms with Crippen LogP contribution in [0.15, 0.2) is 34.4 Å². The molecule has 1 fully saturated rings. The van der Waals surface area contributed by atoms with Gasteiger partial charge in [-0.1, -0.05) is 17.3 Å². The molecule has 1 heterocycles. The molecule has 1 aliphatic heterocycles. The van der Waals surface area contributed by atoms with Gasteiger partial charge in [-0.2, -0.15) is 0 Å². The van der Waals surface area contributed by atoms with Gasteiger partial charge in [0.2, 0.25) is 12.2 Å². The number of phenolic OH excluding ortho intramolecular Hbond substituents is 1. The number of amides is 3. The second kappa shape index (κ2) is 16.5. The Morgan fingerprint density at radius 2 is 1.57 bits per heavy atom. The van der Waals surface area contributed by atoms with Gasteiger partial charge in [0.1, 0.15) is 22.7 Å². The number of oxime groups is 1. The van der Waals surface area contributed by atoms with Crippen LogP contribution >= 0.6 is 0 Å². The molecular weight excluding hydrogens is 546 g/mol. The van der Waals surface area contributed by atoms with E-state index in [0.717, 1.165) is 18.4 Å². The van der Waals surface area contributed by atoms with E-state index in [1.165, 1.54) is 0 Å². The number of nitrogens with one attached hydrogen (secondary N) is 3. The topological polar surface area (TPSA) is 169 Å². The molecular formula is C29H45N5O8. The molecule has 1 aliphatic rings. The Morgan fingerprint density at radius 1 is 0.952 bits per heavy atom. The van der Waals surface area contributed by atoms with Crippen LogP contribution in [0.2, 0.25) is 0 Å². The molecule has 1 aromatic carbocycles. The van der Waals surface area contributed by atoms with Gasteiger partial charge in [0.05, 0.1) is 6.61 Å². The maximum absolute atomic E-state index is 12.9. The third-order valence-corrected chi connectivity index (χ3v) is 5.37. The van der Waals surface area contributed by atoms with Gasteiger partial charge in [-0.3, -0.25) is 20.4 Å². The van der Waals surface area contributed by atoms with Crippen LogP contribution in [0.5, 0.6) is 5.75 Å². The minimum atomic E-state index is -0.772. The Balaban J connectivity index is 1.92. The quantitative estimate of drug-likeness (QED) is 0.136. The fraction of sp³-hybridized carbons (Fsp3) is 0.621. The summed E-state index contributed by atoms with van der Waals surface area (Å²) in [4.78, 5) is 47.1. The number of benzene rings is 1. The number of phenols is 1. The number of alkyl carbamates (subject to hydrolysis) is 2. The Bertz CT molecular complexity index is 1050. The number of hydrogen-bond donors (Lipinski definition) is 4. The molecule has 234 valence electrons. The lowest BCUT2D eigenvalue weighted by molar-refractivity contribution is -0.162. The summed E-state index contributed by atoms with van der Waals surface area (Å²) in [6.45, 7) is 11.5. The number of guanidine groups is 1. The van der Waals surface area contributed by atoms with Crippen molar-refractivity contribution in [2.24, 2.45) is 10.1 Å². The minimum absolute atomic E-state index is 0.104. The first-order valence-corrected chi connectivity index (χ1v) is 14.1. The van der Waals surface area contributed by atoms with Gasteiger partial charge in [0, 0.05) is 25.9 Å². The highest BCUT2D eigenvalue weighted by Gasteiger charge is 2.21. The van der Waals surface area contributed by atoms with E-state index in [1.54, 1.807) is 65.8 Å². The zero-order chi connectivity index (χ0) is 31.2. The molecule has 3 amide bonds. The van der Waals surface area contributed by atoms with Gasteiger partial charge in [-0.05, 0) is 84.9 Å². The molecule has 13 nitrogen and oxygen atoms in total. The summed E-state index contributed by atoms with van der Waals surface area (Å²) in [7, 11) is 0. The predicted molar refractivity (Wildman–Crippen MR) is 157 cm³/mol. The Labute approximate surface area is 247 Å². The number of rotatable bonds is 10. The summed E-state index contributed by atoms with van der Waals surface area (Å²) in [5, 5.41) is 21.4. The predicted octanol–water partition coefficient (Wildman–Crippen LogP) is 4.14. The maximum atomic E-state index is 12.9. The molecule has 4 N–H and O–H groups in total. The first-order chi connectivity index (χ1) is 19.7. The van der Waals surface area contributed by atoms with Crippen LogP contribution in [0, 0.1) is 0 Å². The van der Waals surface area contributed by atoms with Crippen LogP contribution in [0.3, 0.4) is 0 Å². The number of carbonyl (C=O) groups excluding carboxylic acids is 3. The van der Waals surface area contributed by atoms with Gasteiger partial charge in [-0.15, -0.1) is 0 Å². The monoisotopic (exact) mass is 591 g/mol. The number of ether oxygens (including phenoxy) is 3. The second-order valence-corrected chi connectivity index (χ2v) is 11.7. The van der Waals surface area contributed by atoms with E-state index in [0.29, 0.717) is 32.4 Å². The summed E-state index contributed by atoms with van der Waals surface area (Å²) in [6, 6.07) is 6.50. The average molecular weight is 592 g/mol. The van der Waals surface area contributed by atoms with E-state index in [-0.39, 0.29) is 36.3 Å². The van der Waals surface area contributed by atoms with Crippen LogP contribution < -0.4 is 16.0 Å². The molecule has 1 saturated heterocycles. The molecule has 0 aromatic heterocycles. The molecule has 0 bridgehead atoms. The molecule has 2 rings (SSSR count). The van der Waals surface area contributed by atoms with Gasteiger partial charge in [0.25, 0.3) is 5.91 Å². The van der Waals surface area contributed by atoms with E-state index in [9.17, 15) is 19.5 Å². The number of aromatic hydroxyl groups is 1. The molecule has 0 spiro atoms. The van der Waals surface area contributed by atoms with E-state index in [4.69, 9.17) is 19.0 Å². The lowest BCUT2D eigenvalue weighted by Gasteiger charge is -2.22. The van der Waals surface area contributed by atoms with Crippen molar-refractivity contribution in [3.63, 3.8) is 0 Å². The molecule has 0 saturated carbocycles. The zero-order valence-corrected chi connectivity index (χ0v) is 25.5. The van der Waals surface area contributed by atoms with Crippen molar-refractivity contribution in [3.8, 4) is 5.75 Å². The summed E-state index contributed by atoms with van der Waals surface area (Å²) in [6.07, 6.45) is 1.89. The molecule has 13 heteroatoms. The standard InChI is InChI=1S/C29H45N5O8/c1-28(2,3)40-26(37)32-25(33-27(38)41-29(4,5)6)31-17-9-8-16-30-24(36)22(19-20-12-14-21(35)15-13-20)34-42-23-11-7-10-18-39-23/h12-15,23,35H,7-11,16-19H2,1-6H3,(H,30,36)(H2,31,32,33,37,38)/b34-22-. The molecule has 1 unspecified atom stereocenters. The average Bonchev–Trinajstić information content (AvgIpc) is 2.87. The third kappa shape index (κ3) is 15.2. The van der Waals surface area contributed by atoms with Crippen LogP contribution in [0.25, 0.3) is 0 Å². The maximum Gasteiger partial charge on any atom is 0.414 e. The van der Waals surface area contributed by atoms with Crippen molar-refractivity contribution in [2.45, 2.75) is 97.6 Å². The Morgan fingerprint density at radius 3 is 2.12 bits per heavy atom. The summed E-state index contributed by atoms with van der Waals surface area (Å²) < 4.78 is 16.0. The Kier molecular flexibility index (Phi) is 13.5. The molecule has 1 aromatic rings. The molecule has 42 heavy (non-hydrogen) atoms. The fourth-order valence-corrected chi connectivity index (χ4v) is 3.52. The van der Waals surface area contributed by atoms with Gasteiger partial charge < -0.3 is 29.5 Å². The number of hydrogen-bond acceptors (Lipinski definition) is 10. The lowest BCUT2D eigenvalue weighted by Crippen LogP contribution is -2.47. The number of unbranched alkanes of at least 4 members (excludes halogenated alkanes) is 1. The van der Waals surface area contributed by atoms with Crippen LogP contribution in [0.1, 0.15) is 79.2 Å². The SMILES string of the molecule is CC(C)(C)OC(=O)NC(=NCCCCNC(=O)/C(Cc1ccc(O)cc1)=N\OC1CCCCO1)NC(=O)OC(C)(C)C. The van der Waals surface area contributed by atoms with E-state index < -0.39 is 29.7 Å². The summed E-state index contributed by atoms with van der Waals surface area (Å²) in [5.74, 6) is -0.365. The Hall–Kier alpha value is -3.87. The first-order valence-electron chi connectivity index (χ1n) is 14.1. The largest absolute Gasteiger partial charge is 0.508 e. The normalized spacial score (nSPS) is 15.7. The van der Waals surface area contributed by atoms with Crippen molar-refractivity contribution in [1.82, 2.24) is 16.0 Å². The number of nitrogens with zero attached hydrogens (tertiary/aromatic N) is 2. The van der Waals surface area contributed by atoms with Gasteiger partial charge >= 0.3 is 12.2 Å². The zero-order valence-electron chi connectivity index (χ0n) is 25.5. The molecule has 0 aliphatic carbocycles. The highest BCUT2D eigenvalue weighted by molar-refractivity contribution is 6.39. The van der Waals surface area contributed by atoms with Crippen LogP contribution in [-0.4, -0.2) is 72.1 Å². The first kappa shape index (κ1) is 34.3. The van der Waals surface area contributed by atoms with Gasteiger partial charge in [-0.25, -0.2) is 9.59 Å². The van der Waals surface area contributed by atoms with E-state index >= 15 is 0 Å². The van der Waals surface area contributed by atoms with Crippen molar-refractivity contribution < 1.29 is 38.5 Å².